The zero-order chi connectivity index (χ0) is 37.6. The predicted octanol–water partition coefficient (Wildman–Crippen LogP) is 4.60. The number of nitrogens with zero attached hydrogens (tertiary/aromatic N) is 1. The van der Waals surface area contributed by atoms with E-state index in [-0.39, 0.29) is 62.1 Å². The topological polar surface area (TPSA) is 183 Å². The van der Waals surface area contributed by atoms with Gasteiger partial charge in [0.15, 0.2) is 0 Å². The Morgan fingerprint density at radius 1 is 0.880 bits per heavy atom. The molecule has 1 aliphatic rings. The lowest BCUT2D eigenvalue weighted by molar-refractivity contribution is -0.135. The van der Waals surface area contributed by atoms with Crippen LogP contribution in [0.2, 0.25) is 0 Å². The Kier molecular flexibility index (Phi) is 16.9. The lowest BCUT2D eigenvalue weighted by Gasteiger charge is -2.37. The second-order valence-corrected chi connectivity index (χ2v) is 17.2. The number of benzene rings is 1. The van der Waals surface area contributed by atoms with Gasteiger partial charge in [0.25, 0.3) is 0 Å². The van der Waals surface area contributed by atoms with Gasteiger partial charge in [0, 0.05) is 32.1 Å². The van der Waals surface area contributed by atoms with E-state index in [1.54, 1.807) is 6.92 Å². The molecule has 2 unspecified atom stereocenters. The minimum Gasteiger partial charge on any atom is -0.465 e. The third-order valence-electron chi connectivity index (χ3n) is 8.88. The second kappa shape index (κ2) is 19.8. The van der Waals surface area contributed by atoms with Crippen molar-refractivity contribution in [2.75, 3.05) is 32.6 Å². The lowest BCUT2D eigenvalue weighted by Crippen LogP contribution is -2.61. The number of hydrogen-bond donors (Lipinski definition) is 5. The minimum atomic E-state index is -3.64. The van der Waals surface area contributed by atoms with Gasteiger partial charge in [-0.05, 0) is 62.3 Å². The summed E-state index contributed by atoms with van der Waals surface area (Å²) in [5.74, 6) is -2.44. The first-order chi connectivity index (χ1) is 23.5. The van der Waals surface area contributed by atoms with Crippen molar-refractivity contribution in [1.82, 2.24) is 26.2 Å². The molecule has 282 valence electrons. The molecule has 0 bridgehead atoms. The maximum Gasteiger partial charge on any atom is 0.408 e. The van der Waals surface area contributed by atoms with Crippen LogP contribution in [-0.4, -0.2) is 90.0 Å². The molecule has 1 aliphatic heterocycles. The molecular formula is C36H60N5O8P. The number of likely N-dealkylation sites (tertiary alicyclic amines) is 1. The maximum absolute atomic E-state index is 14.3. The average Bonchev–Trinajstić information content (AvgIpc) is 3.47. The molecule has 1 fully saturated rings. The molecule has 0 radical (unpaired) electrons. The molecule has 5 atom stereocenters. The van der Waals surface area contributed by atoms with E-state index < -0.39 is 54.7 Å². The van der Waals surface area contributed by atoms with E-state index in [2.05, 4.69) is 21.3 Å². The molecule has 14 heteroatoms. The highest BCUT2D eigenvalue weighted by molar-refractivity contribution is 7.59. The van der Waals surface area contributed by atoms with Crippen LogP contribution in [-0.2, 0) is 34.7 Å². The third-order valence-corrected chi connectivity index (χ3v) is 11.2. The van der Waals surface area contributed by atoms with Gasteiger partial charge in [0.2, 0.25) is 31.0 Å². The molecule has 1 heterocycles. The van der Waals surface area contributed by atoms with Gasteiger partial charge in [-0.1, -0.05) is 71.9 Å². The molecule has 1 saturated heterocycles. The molecule has 5 N–H and O–H groups in total. The Morgan fingerprint density at radius 3 is 1.98 bits per heavy atom. The Labute approximate surface area is 297 Å². The van der Waals surface area contributed by atoms with Crippen LogP contribution in [0.3, 0.4) is 0 Å². The monoisotopic (exact) mass is 721 g/mol. The number of carbonyl (C=O) groups is 5. The van der Waals surface area contributed by atoms with Crippen LogP contribution < -0.4 is 21.3 Å². The average molecular weight is 722 g/mol. The summed E-state index contributed by atoms with van der Waals surface area (Å²) in [5, 5.41) is 21.1. The summed E-state index contributed by atoms with van der Waals surface area (Å²) in [7, 11) is -2.14. The Bertz CT molecular complexity index is 1340. The van der Waals surface area contributed by atoms with E-state index in [0.717, 1.165) is 5.56 Å². The van der Waals surface area contributed by atoms with Crippen molar-refractivity contribution in [3.8, 4) is 0 Å². The van der Waals surface area contributed by atoms with E-state index in [0.29, 0.717) is 25.7 Å². The van der Waals surface area contributed by atoms with Gasteiger partial charge < -0.3 is 30.9 Å². The van der Waals surface area contributed by atoms with Crippen molar-refractivity contribution >= 4 is 37.1 Å². The molecule has 1 aromatic rings. The first-order valence-electron chi connectivity index (χ1n) is 17.8. The van der Waals surface area contributed by atoms with E-state index >= 15 is 0 Å². The van der Waals surface area contributed by atoms with Gasteiger partial charge in [-0.2, -0.15) is 0 Å². The normalized spacial score (nSPS) is 19.1. The number of carboxylic acid groups (broad SMARTS) is 1. The fourth-order valence-corrected chi connectivity index (χ4v) is 8.82. The quantitative estimate of drug-likeness (QED) is 0.121. The first-order valence-corrected chi connectivity index (χ1v) is 19.8. The second-order valence-electron chi connectivity index (χ2n) is 14.6. The lowest BCUT2D eigenvalue weighted by atomic mass is 9.86. The highest BCUT2D eigenvalue weighted by atomic mass is 31.2. The fourth-order valence-electron chi connectivity index (χ4n) is 6.64. The molecular weight excluding hydrogens is 661 g/mol. The van der Waals surface area contributed by atoms with E-state index in [1.807, 2.05) is 71.9 Å². The summed E-state index contributed by atoms with van der Waals surface area (Å²) < 4.78 is 20.0. The summed E-state index contributed by atoms with van der Waals surface area (Å²) in [6.07, 6.45) is 0.286. The smallest absolute Gasteiger partial charge is 0.408 e. The predicted molar refractivity (Wildman–Crippen MR) is 194 cm³/mol. The van der Waals surface area contributed by atoms with E-state index in [4.69, 9.17) is 4.52 Å². The fraction of sp³-hybridized carbons (Fsp3) is 0.694. The van der Waals surface area contributed by atoms with Gasteiger partial charge in [-0.15, -0.1) is 0 Å². The van der Waals surface area contributed by atoms with Crippen molar-refractivity contribution in [2.24, 2.45) is 23.7 Å². The highest BCUT2D eigenvalue weighted by Crippen LogP contribution is 2.48. The van der Waals surface area contributed by atoms with Crippen molar-refractivity contribution < 1.29 is 38.2 Å². The largest absolute Gasteiger partial charge is 0.465 e. The molecule has 0 spiro atoms. The van der Waals surface area contributed by atoms with Gasteiger partial charge in [-0.25, -0.2) is 4.79 Å². The van der Waals surface area contributed by atoms with Crippen molar-refractivity contribution in [3.05, 3.63) is 35.9 Å². The molecule has 1 aromatic carbocycles. The first kappa shape index (κ1) is 42.7. The Hall–Kier alpha value is -3.44. The summed E-state index contributed by atoms with van der Waals surface area (Å²) in [4.78, 5) is 67.4. The van der Waals surface area contributed by atoms with Gasteiger partial charge in [0.1, 0.15) is 17.6 Å². The summed E-state index contributed by atoms with van der Waals surface area (Å²) in [5.41, 5.74) is -0.604. The van der Waals surface area contributed by atoms with Crippen molar-refractivity contribution in [3.63, 3.8) is 0 Å². The molecule has 50 heavy (non-hydrogen) atoms. The van der Waals surface area contributed by atoms with Gasteiger partial charge in [-0.3, -0.25) is 28.6 Å². The van der Waals surface area contributed by atoms with Crippen LogP contribution in [0.4, 0.5) is 4.79 Å². The zero-order valence-corrected chi connectivity index (χ0v) is 32.0. The molecule has 13 nitrogen and oxygen atoms in total. The standard InChI is InChI=1S/C36H60N5O8P/c1-9-49-50(48,22-28(18-24(2)3)31(42)39-29(19-25(4)5)32(43)37-8)23-38-33(44)30(20-26(6)7)40-34(45)36(16-13-17-41(36)35(46)47)21-27-14-11-10-12-15-27/h10-12,14-15,24-26,28-30H,9,13,16-23H2,1-8H3,(H,37,43)(H,38,44)(H,39,42)(H,40,45)(H,46,47)/t28?,29-,30-,36-,50?/m0/s1. The van der Waals surface area contributed by atoms with Crippen LogP contribution in [0, 0.1) is 23.7 Å². The molecule has 0 aliphatic carbocycles. The summed E-state index contributed by atoms with van der Waals surface area (Å²) >= 11 is 0. The molecule has 2 rings (SSSR count). The molecule has 5 amide bonds. The van der Waals surface area contributed by atoms with Crippen molar-refractivity contribution in [2.45, 2.75) is 105 Å². The number of hydrogen-bond acceptors (Lipinski definition) is 7. The number of rotatable bonds is 20. The number of likely N-dealkylation sites (N-methyl/N-ethyl adjacent to an activating group) is 1. The highest BCUT2D eigenvalue weighted by Gasteiger charge is 2.50. The number of amides is 5. The minimum absolute atomic E-state index is 0.0211. The number of carbonyl (C=O) groups excluding carboxylic acids is 4. The maximum atomic E-state index is 14.3. The zero-order valence-electron chi connectivity index (χ0n) is 31.1. The Balaban J connectivity index is 2.31. The van der Waals surface area contributed by atoms with E-state index in [1.165, 1.54) is 11.9 Å². The summed E-state index contributed by atoms with van der Waals surface area (Å²) in [6, 6.07) is 7.38. The van der Waals surface area contributed by atoms with Crippen LogP contribution in [0.15, 0.2) is 30.3 Å². The SMILES string of the molecule is CCOP(=O)(CNC(=O)[C@H](CC(C)C)NC(=O)[C@@]1(Cc2ccccc2)CCCN1C(=O)O)CC(CC(C)C)C(=O)N[C@@H](CC(C)C)C(=O)NC. The van der Waals surface area contributed by atoms with Crippen LogP contribution in [0.5, 0.6) is 0 Å². The van der Waals surface area contributed by atoms with Crippen LogP contribution in [0.1, 0.15) is 86.1 Å². The van der Waals surface area contributed by atoms with Gasteiger partial charge >= 0.3 is 6.09 Å². The van der Waals surface area contributed by atoms with Crippen LogP contribution in [0.25, 0.3) is 0 Å². The third kappa shape index (κ3) is 12.7. The van der Waals surface area contributed by atoms with E-state index in [9.17, 15) is 33.6 Å². The number of nitrogens with one attached hydrogen (secondary N) is 4. The summed E-state index contributed by atoms with van der Waals surface area (Å²) in [6.45, 7) is 13.5. The van der Waals surface area contributed by atoms with Crippen LogP contribution >= 0.6 is 7.37 Å². The van der Waals surface area contributed by atoms with Gasteiger partial charge in [0.05, 0.1) is 12.9 Å². The Morgan fingerprint density at radius 2 is 1.46 bits per heavy atom. The molecule has 0 aromatic heterocycles. The molecule has 0 saturated carbocycles. The van der Waals surface area contributed by atoms with Crippen molar-refractivity contribution in [1.29, 1.82) is 0 Å².